The van der Waals surface area contributed by atoms with Crippen LogP contribution >= 0.6 is 24.0 Å². The minimum absolute atomic E-state index is 0. The van der Waals surface area contributed by atoms with Crippen LogP contribution in [0.4, 0.5) is 0 Å². The largest absolute Gasteiger partial charge is 0.380 e. The summed E-state index contributed by atoms with van der Waals surface area (Å²) in [4.78, 5) is 20.1. The number of halogens is 1. The topological polar surface area (TPSA) is 78.4 Å². The number of guanidine groups is 1. The van der Waals surface area contributed by atoms with Crippen LogP contribution in [0.15, 0.2) is 4.99 Å². The van der Waals surface area contributed by atoms with Crippen molar-refractivity contribution in [1.82, 2.24) is 20.4 Å². The lowest BCUT2D eigenvalue weighted by atomic mass is 10.1. The third-order valence-electron chi connectivity index (χ3n) is 4.30. The molecular formula is C19H40IN5O3. The molecule has 0 aromatic rings. The van der Waals surface area contributed by atoms with Gasteiger partial charge in [-0.25, -0.2) is 4.99 Å². The quantitative estimate of drug-likeness (QED) is 0.176. The minimum atomic E-state index is -0.0161. The number of amides is 1. The number of morpholine rings is 1. The number of likely N-dealkylation sites (N-methyl/N-ethyl adjacent to an activating group) is 1. The second kappa shape index (κ2) is 17.2. The van der Waals surface area contributed by atoms with Crippen LogP contribution in [-0.2, 0) is 14.3 Å². The molecule has 0 bridgehead atoms. The second-order valence-electron chi connectivity index (χ2n) is 7.41. The lowest BCUT2D eigenvalue weighted by Crippen LogP contribution is -2.42. The normalized spacial score (nSPS) is 15.2. The zero-order chi connectivity index (χ0) is 19.9. The zero-order valence-corrected chi connectivity index (χ0v) is 20.4. The number of aliphatic imine (C=N–C) groups is 1. The summed E-state index contributed by atoms with van der Waals surface area (Å²) in [5.41, 5.74) is 0. The van der Waals surface area contributed by atoms with Gasteiger partial charge in [-0.3, -0.25) is 9.69 Å². The van der Waals surface area contributed by atoms with E-state index in [0.717, 1.165) is 58.8 Å². The summed E-state index contributed by atoms with van der Waals surface area (Å²) >= 11 is 0. The SMILES string of the molecule is CC(C)CCOCCNC(=NCC(=O)N(C)C)NCCCN1CCOCC1.I. The van der Waals surface area contributed by atoms with Crippen molar-refractivity contribution in [1.29, 1.82) is 0 Å². The number of carbonyl (C=O) groups is 1. The summed E-state index contributed by atoms with van der Waals surface area (Å²) in [5.74, 6) is 1.30. The van der Waals surface area contributed by atoms with Crippen molar-refractivity contribution in [2.24, 2.45) is 10.9 Å². The Labute approximate surface area is 187 Å². The fourth-order valence-electron chi connectivity index (χ4n) is 2.46. The average Bonchev–Trinajstić information content (AvgIpc) is 2.65. The van der Waals surface area contributed by atoms with Gasteiger partial charge in [-0.1, -0.05) is 13.8 Å². The highest BCUT2D eigenvalue weighted by Gasteiger charge is 2.09. The maximum atomic E-state index is 11.8. The highest BCUT2D eigenvalue weighted by Crippen LogP contribution is 1.98. The maximum absolute atomic E-state index is 11.8. The lowest BCUT2D eigenvalue weighted by molar-refractivity contribution is -0.127. The molecule has 1 rings (SSSR count). The summed E-state index contributed by atoms with van der Waals surface area (Å²) in [5, 5.41) is 6.57. The molecule has 0 atom stereocenters. The lowest BCUT2D eigenvalue weighted by Gasteiger charge is -2.26. The third-order valence-corrected chi connectivity index (χ3v) is 4.30. The molecule has 1 amide bonds. The number of ether oxygens (including phenoxy) is 2. The molecule has 0 unspecified atom stereocenters. The molecule has 0 aromatic heterocycles. The Kier molecular flexibility index (Phi) is 16.8. The summed E-state index contributed by atoms with van der Waals surface area (Å²) in [6, 6.07) is 0. The van der Waals surface area contributed by atoms with Crippen LogP contribution in [0.2, 0.25) is 0 Å². The predicted molar refractivity (Wildman–Crippen MR) is 125 cm³/mol. The Bertz CT molecular complexity index is 430. The Morgan fingerprint density at radius 2 is 1.86 bits per heavy atom. The first-order valence-electron chi connectivity index (χ1n) is 10.1. The number of nitrogens with one attached hydrogen (secondary N) is 2. The molecule has 1 saturated heterocycles. The van der Waals surface area contributed by atoms with Crippen molar-refractivity contribution in [2.45, 2.75) is 26.7 Å². The Hall–Kier alpha value is -0.650. The van der Waals surface area contributed by atoms with Crippen LogP contribution in [0.5, 0.6) is 0 Å². The number of hydrogen-bond acceptors (Lipinski definition) is 5. The molecule has 8 nitrogen and oxygen atoms in total. The summed E-state index contributed by atoms with van der Waals surface area (Å²) in [6.45, 7) is 12.1. The molecule has 166 valence electrons. The summed E-state index contributed by atoms with van der Waals surface area (Å²) in [7, 11) is 3.48. The summed E-state index contributed by atoms with van der Waals surface area (Å²) in [6.07, 6.45) is 2.09. The Morgan fingerprint density at radius 1 is 1.18 bits per heavy atom. The van der Waals surface area contributed by atoms with E-state index >= 15 is 0 Å². The Balaban J connectivity index is 0.00000729. The molecule has 1 aliphatic heterocycles. The number of rotatable bonds is 12. The molecule has 0 radical (unpaired) electrons. The van der Waals surface area contributed by atoms with Gasteiger partial charge in [0, 0.05) is 46.9 Å². The molecule has 0 spiro atoms. The van der Waals surface area contributed by atoms with Crippen LogP contribution in [-0.4, -0.2) is 101 Å². The number of carbonyl (C=O) groups excluding carboxylic acids is 1. The minimum Gasteiger partial charge on any atom is -0.380 e. The van der Waals surface area contributed by atoms with Crippen molar-refractivity contribution in [3.63, 3.8) is 0 Å². The molecule has 2 N–H and O–H groups in total. The van der Waals surface area contributed by atoms with Crippen LogP contribution in [0.25, 0.3) is 0 Å². The monoisotopic (exact) mass is 513 g/mol. The standard InChI is InChI=1S/C19H39N5O3.HI/c1-17(2)6-12-26-13-8-21-19(22-16-18(25)23(3)4)20-7-5-9-24-10-14-27-15-11-24;/h17H,5-16H2,1-4H3,(H2,20,21,22);1H. The highest BCUT2D eigenvalue weighted by molar-refractivity contribution is 14.0. The smallest absolute Gasteiger partial charge is 0.243 e. The van der Waals surface area contributed by atoms with Crippen molar-refractivity contribution < 1.29 is 14.3 Å². The van der Waals surface area contributed by atoms with E-state index in [9.17, 15) is 4.79 Å². The van der Waals surface area contributed by atoms with Crippen LogP contribution < -0.4 is 10.6 Å². The molecule has 28 heavy (non-hydrogen) atoms. The van der Waals surface area contributed by atoms with Gasteiger partial charge < -0.3 is 25.0 Å². The third kappa shape index (κ3) is 14.4. The fourth-order valence-corrected chi connectivity index (χ4v) is 2.46. The van der Waals surface area contributed by atoms with E-state index in [0.29, 0.717) is 25.0 Å². The van der Waals surface area contributed by atoms with Crippen molar-refractivity contribution in [3.8, 4) is 0 Å². The highest BCUT2D eigenvalue weighted by atomic mass is 127. The Morgan fingerprint density at radius 3 is 2.50 bits per heavy atom. The zero-order valence-electron chi connectivity index (χ0n) is 18.0. The average molecular weight is 513 g/mol. The van der Waals surface area contributed by atoms with E-state index in [1.54, 1.807) is 19.0 Å². The molecule has 0 aromatic carbocycles. The van der Waals surface area contributed by atoms with Gasteiger partial charge in [0.25, 0.3) is 0 Å². The molecule has 9 heteroatoms. The van der Waals surface area contributed by atoms with Crippen LogP contribution in [0, 0.1) is 5.92 Å². The van der Waals surface area contributed by atoms with Gasteiger partial charge in [-0.05, 0) is 25.3 Å². The molecule has 1 fully saturated rings. The molecule has 1 aliphatic rings. The number of nitrogens with zero attached hydrogens (tertiary/aromatic N) is 3. The van der Waals surface area contributed by atoms with Gasteiger partial charge in [0.05, 0.1) is 19.8 Å². The first kappa shape index (κ1) is 27.4. The van der Waals surface area contributed by atoms with Gasteiger partial charge in [0.2, 0.25) is 5.91 Å². The maximum Gasteiger partial charge on any atom is 0.243 e. The summed E-state index contributed by atoms with van der Waals surface area (Å²) < 4.78 is 11.0. The van der Waals surface area contributed by atoms with Crippen LogP contribution in [0.1, 0.15) is 26.7 Å². The number of hydrogen-bond donors (Lipinski definition) is 2. The van der Waals surface area contributed by atoms with E-state index < -0.39 is 0 Å². The van der Waals surface area contributed by atoms with E-state index in [1.165, 1.54) is 0 Å². The van der Waals surface area contributed by atoms with Crippen LogP contribution in [0.3, 0.4) is 0 Å². The van der Waals surface area contributed by atoms with E-state index in [1.807, 2.05) is 0 Å². The van der Waals surface area contributed by atoms with Gasteiger partial charge in [0.1, 0.15) is 6.54 Å². The molecular weight excluding hydrogens is 473 g/mol. The predicted octanol–water partition coefficient (Wildman–Crippen LogP) is 1.01. The fraction of sp³-hybridized carbons (Fsp3) is 0.895. The van der Waals surface area contributed by atoms with Crippen molar-refractivity contribution in [2.75, 3.05) is 79.8 Å². The molecule has 0 aliphatic carbocycles. The van der Waals surface area contributed by atoms with E-state index in [2.05, 4.69) is 34.4 Å². The first-order chi connectivity index (χ1) is 13.0. The van der Waals surface area contributed by atoms with Gasteiger partial charge >= 0.3 is 0 Å². The van der Waals surface area contributed by atoms with E-state index in [-0.39, 0.29) is 36.4 Å². The van der Waals surface area contributed by atoms with Gasteiger partial charge in [-0.2, -0.15) is 0 Å². The van der Waals surface area contributed by atoms with Crippen molar-refractivity contribution >= 4 is 35.8 Å². The molecule has 1 heterocycles. The van der Waals surface area contributed by atoms with E-state index in [4.69, 9.17) is 9.47 Å². The van der Waals surface area contributed by atoms with Gasteiger partial charge in [0.15, 0.2) is 5.96 Å². The van der Waals surface area contributed by atoms with Crippen molar-refractivity contribution in [3.05, 3.63) is 0 Å². The first-order valence-corrected chi connectivity index (χ1v) is 10.1. The molecule has 0 saturated carbocycles. The van der Waals surface area contributed by atoms with Gasteiger partial charge in [-0.15, -0.1) is 24.0 Å². The second-order valence-corrected chi connectivity index (χ2v) is 7.41.